The van der Waals surface area contributed by atoms with Gasteiger partial charge >= 0.3 is 0 Å². The van der Waals surface area contributed by atoms with Crippen molar-refractivity contribution in [3.8, 4) is 11.1 Å². The van der Waals surface area contributed by atoms with Gasteiger partial charge in [-0.1, -0.05) is 19.9 Å². The Kier molecular flexibility index (Phi) is 2.65. The third-order valence-corrected chi connectivity index (χ3v) is 5.02. The van der Waals surface area contributed by atoms with Crippen molar-refractivity contribution in [2.45, 2.75) is 32.2 Å². The minimum absolute atomic E-state index is 0.143. The van der Waals surface area contributed by atoms with Gasteiger partial charge in [0.2, 0.25) is 5.00 Å². The number of thiophene rings is 1. The average Bonchev–Trinajstić information content (AvgIpc) is 2.94. The van der Waals surface area contributed by atoms with Crippen LogP contribution in [0, 0.1) is 6.57 Å². The predicted molar refractivity (Wildman–Crippen MR) is 82.1 cm³/mol. The van der Waals surface area contributed by atoms with Gasteiger partial charge in [0.05, 0.1) is 6.57 Å². The number of nitrogens with one attached hydrogen (secondary N) is 1. The standard InChI is InChI=1S/C16H16N2S/c1-10-16(2,3)13-7-11(5-6-14(13)18-10)12-8-15(17-4)19-9-12/h5-10,18H,1-3H3. The topological polar surface area (TPSA) is 16.4 Å². The number of hydrogen-bond donors (Lipinski definition) is 1. The fourth-order valence-corrected chi connectivity index (χ4v) is 3.26. The molecule has 3 rings (SSSR count). The Hall–Kier alpha value is -1.79. The van der Waals surface area contributed by atoms with Gasteiger partial charge in [-0.05, 0) is 47.2 Å². The maximum Gasteiger partial charge on any atom is 0.241 e. The van der Waals surface area contributed by atoms with Gasteiger partial charge in [-0.15, -0.1) is 0 Å². The zero-order chi connectivity index (χ0) is 13.6. The first-order valence-corrected chi connectivity index (χ1v) is 7.28. The quantitative estimate of drug-likeness (QED) is 0.715. The molecule has 0 saturated heterocycles. The van der Waals surface area contributed by atoms with Crippen LogP contribution >= 0.6 is 11.3 Å². The van der Waals surface area contributed by atoms with Gasteiger partial charge in [-0.25, -0.2) is 4.85 Å². The lowest BCUT2D eigenvalue weighted by Gasteiger charge is -2.24. The van der Waals surface area contributed by atoms with Crippen LogP contribution in [0.25, 0.3) is 16.0 Å². The summed E-state index contributed by atoms with van der Waals surface area (Å²) in [6.07, 6.45) is 0. The number of benzene rings is 1. The highest BCUT2D eigenvalue weighted by Gasteiger charge is 2.36. The van der Waals surface area contributed by atoms with E-state index in [2.05, 4.69) is 54.5 Å². The van der Waals surface area contributed by atoms with Crippen molar-refractivity contribution < 1.29 is 0 Å². The molecule has 0 saturated carbocycles. The fraction of sp³-hybridized carbons (Fsp3) is 0.312. The molecule has 2 heterocycles. The maximum absolute atomic E-state index is 7.06. The van der Waals surface area contributed by atoms with E-state index < -0.39 is 0 Å². The van der Waals surface area contributed by atoms with E-state index in [1.54, 1.807) is 0 Å². The third-order valence-electron chi connectivity index (χ3n) is 4.20. The molecule has 0 fully saturated rings. The number of nitrogens with zero attached hydrogens (tertiary/aromatic N) is 1. The Morgan fingerprint density at radius 1 is 1.26 bits per heavy atom. The van der Waals surface area contributed by atoms with Crippen LogP contribution in [0.4, 0.5) is 10.7 Å². The third kappa shape index (κ3) is 1.84. The lowest BCUT2D eigenvalue weighted by Crippen LogP contribution is -2.29. The highest BCUT2D eigenvalue weighted by molar-refractivity contribution is 7.14. The smallest absolute Gasteiger partial charge is 0.241 e. The number of fused-ring (bicyclic) bond motifs is 1. The van der Waals surface area contributed by atoms with E-state index in [0.29, 0.717) is 6.04 Å². The van der Waals surface area contributed by atoms with Gasteiger partial charge in [0.25, 0.3) is 0 Å². The van der Waals surface area contributed by atoms with Crippen LogP contribution in [-0.2, 0) is 5.41 Å². The van der Waals surface area contributed by atoms with Crippen LogP contribution in [0.1, 0.15) is 26.3 Å². The number of anilines is 1. The summed E-state index contributed by atoms with van der Waals surface area (Å²) in [7, 11) is 0. The molecule has 0 radical (unpaired) electrons. The van der Waals surface area contributed by atoms with Gasteiger partial charge in [0, 0.05) is 17.1 Å². The van der Waals surface area contributed by atoms with Crippen molar-refractivity contribution in [1.29, 1.82) is 0 Å². The zero-order valence-corrected chi connectivity index (χ0v) is 12.1. The molecule has 1 atom stereocenters. The van der Waals surface area contributed by atoms with Crippen LogP contribution in [0.3, 0.4) is 0 Å². The molecular formula is C16H16N2S. The normalized spacial score (nSPS) is 19.6. The van der Waals surface area contributed by atoms with E-state index in [4.69, 9.17) is 6.57 Å². The summed E-state index contributed by atoms with van der Waals surface area (Å²) >= 11 is 1.51. The lowest BCUT2D eigenvalue weighted by molar-refractivity contribution is 0.486. The second-order valence-electron chi connectivity index (χ2n) is 5.63. The molecule has 19 heavy (non-hydrogen) atoms. The van der Waals surface area contributed by atoms with Crippen LogP contribution in [-0.4, -0.2) is 6.04 Å². The molecule has 1 N–H and O–H groups in total. The first-order chi connectivity index (χ1) is 9.02. The van der Waals surface area contributed by atoms with E-state index in [1.807, 2.05) is 6.07 Å². The van der Waals surface area contributed by atoms with E-state index in [-0.39, 0.29) is 5.41 Å². The monoisotopic (exact) mass is 268 g/mol. The largest absolute Gasteiger partial charge is 0.381 e. The van der Waals surface area contributed by atoms with Crippen LogP contribution in [0.5, 0.6) is 0 Å². The Morgan fingerprint density at radius 2 is 2.05 bits per heavy atom. The maximum atomic E-state index is 7.06. The van der Waals surface area contributed by atoms with E-state index >= 15 is 0 Å². The molecule has 1 aliphatic rings. The SMILES string of the molecule is [C-]#[N+]c1cc(-c2ccc3c(c2)C(C)(C)C(C)N3)cs1. The van der Waals surface area contributed by atoms with Crippen molar-refractivity contribution >= 4 is 22.0 Å². The molecule has 1 aromatic heterocycles. The minimum atomic E-state index is 0.143. The molecular weight excluding hydrogens is 252 g/mol. The van der Waals surface area contributed by atoms with Crippen LogP contribution in [0.2, 0.25) is 0 Å². The Labute approximate surface area is 117 Å². The summed E-state index contributed by atoms with van der Waals surface area (Å²) in [5, 5.41) is 6.35. The summed E-state index contributed by atoms with van der Waals surface area (Å²) in [5.41, 5.74) is 5.10. The number of hydrogen-bond acceptors (Lipinski definition) is 2. The van der Waals surface area contributed by atoms with E-state index in [1.165, 1.54) is 28.2 Å². The van der Waals surface area contributed by atoms with E-state index in [9.17, 15) is 0 Å². The molecule has 2 aromatic rings. The van der Waals surface area contributed by atoms with Gasteiger partial charge in [0.15, 0.2) is 0 Å². The Bertz CT molecular complexity index is 676. The lowest BCUT2D eigenvalue weighted by atomic mass is 9.80. The molecule has 1 unspecified atom stereocenters. The van der Waals surface area contributed by atoms with Crippen molar-refractivity contribution in [3.05, 3.63) is 46.6 Å². The first-order valence-electron chi connectivity index (χ1n) is 6.40. The zero-order valence-electron chi connectivity index (χ0n) is 11.3. The average molecular weight is 268 g/mol. The van der Waals surface area contributed by atoms with Gasteiger partial charge in [-0.2, -0.15) is 11.3 Å². The van der Waals surface area contributed by atoms with Crippen LogP contribution in [0.15, 0.2) is 29.6 Å². The summed E-state index contributed by atoms with van der Waals surface area (Å²) in [6, 6.07) is 8.97. The molecule has 0 bridgehead atoms. The van der Waals surface area contributed by atoms with Crippen molar-refractivity contribution in [3.63, 3.8) is 0 Å². The van der Waals surface area contributed by atoms with Crippen molar-refractivity contribution in [2.75, 3.05) is 5.32 Å². The summed E-state index contributed by atoms with van der Waals surface area (Å²) in [4.78, 5) is 3.49. The molecule has 1 aliphatic heterocycles. The van der Waals surface area contributed by atoms with Crippen molar-refractivity contribution in [2.24, 2.45) is 0 Å². The summed E-state index contributed by atoms with van der Waals surface area (Å²) in [5.74, 6) is 0. The minimum Gasteiger partial charge on any atom is -0.381 e. The van der Waals surface area contributed by atoms with Gasteiger partial charge in [-0.3, -0.25) is 0 Å². The number of rotatable bonds is 1. The summed E-state index contributed by atoms with van der Waals surface area (Å²) < 4.78 is 0. The predicted octanol–water partition coefficient (Wildman–Crippen LogP) is 5.06. The fourth-order valence-electron chi connectivity index (χ4n) is 2.56. The molecule has 3 heteroatoms. The van der Waals surface area contributed by atoms with Gasteiger partial charge < -0.3 is 5.32 Å². The highest BCUT2D eigenvalue weighted by Crippen LogP contribution is 2.43. The van der Waals surface area contributed by atoms with E-state index in [0.717, 1.165) is 10.6 Å². The van der Waals surface area contributed by atoms with Crippen LogP contribution < -0.4 is 5.32 Å². The molecule has 0 spiro atoms. The molecule has 1 aromatic carbocycles. The van der Waals surface area contributed by atoms with Crippen molar-refractivity contribution in [1.82, 2.24) is 0 Å². The molecule has 0 amide bonds. The summed E-state index contributed by atoms with van der Waals surface area (Å²) in [6.45, 7) is 13.8. The molecule has 96 valence electrons. The molecule has 2 nitrogen and oxygen atoms in total. The van der Waals surface area contributed by atoms with Gasteiger partial charge in [0.1, 0.15) is 0 Å². The Morgan fingerprint density at radius 3 is 2.74 bits per heavy atom. The molecule has 0 aliphatic carbocycles. The first kappa shape index (κ1) is 12.3. The second kappa shape index (κ2) is 4.11. The second-order valence-corrected chi connectivity index (χ2v) is 6.52. The highest BCUT2D eigenvalue weighted by atomic mass is 32.1. The Balaban J connectivity index is 2.08.